The lowest BCUT2D eigenvalue weighted by Crippen LogP contribution is -2.13. The number of amides is 1. The predicted octanol–water partition coefficient (Wildman–Crippen LogP) is 3.69. The van der Waals surface area contributed by atoms with Crippen molar-refractivity contribution in [3.8, 4) is 0 Å². The van der Waals surface area contributed by atoms with Crippen LogP contribution in [0.2, 0.25) is 0 Å². The van der Waals surface area contributed by atoms with Gasteiger partial charge in [-0.3, -0.25) is 9.59 Å². The van der Waals surface area contributed by atoms with Crippen molar-refractivity contribution >= 4 is 39.5 Å². The molecule has 4 aromatic rings. The van der Waals surface area contributed by atoms with Crippen LogP contribution >= 0.6 is 22.7 Å². The second kappa shape index (κ2) is 11.3. The monoisotopic (exact) mass is 500 g/mol. The maximum Gasteiger partial charge on any atom is 0.233 e. The number of carbonyl (C=O) groups is 2. The van der Waals surface area contributed by atoms with Crippen molar-refractivity contribution in [3.05, 3.63) is 56.2 Å². The number of Topliss-reactive ketones (excluding diaryl/α,β-unsaturated/α-hetero) is 1. The number of nitrogens with zero attached hydrogens (tertiary/aromatic N) is 5. The molecule has 4 heterocycles. The van der Waals surface area contributed by atoms with Crippen molar-refractivity contribution in [2.24, 2.45) is 0 Å². The lowest BCUT2D eigenvalue weighted by Gasteiger charge is -1.97. The SMILES string of the molecule is Cc1coc(CC(=O)Cc2nnc(CCCCc3nnc(NC(=O)Cc4cc(C)no4)s3)s2)c1. The van der Waals surface area contributed by atoms with E-state index >= 15 is 0 Å². The molecule has 10 nitrogen and oxygen atoms in total. The molecule has 0 bridgehead atoms. The van der Waals surface area contributed by atoms with E-state index < -0.39 is 0 Å². The molecule has 4 aromatic heterocycles. The summed E-state index contributed by atoms with van der Waals surface area (Å²) in [6.45, 7) is 3.73. The summed E-state index contributed by atoms with van der Waals surface area (Å²) in [5.74, 6) is 1.03. The third-order valence-electron chi connectivity index (χ3n) is 4.77. The number of ketones is 1. The van der Waals surface area contributed by atoms with Gasteiger partial charge in [0.1, 0.15) is 32.3 Å². The molecule has 0 saturated heterocycles. The number of carbonyl (C=O) groups excluding carboxylic acids is 2. The zero-order valence-corrected chi connectivity index (χ0v) is 20.5. The number of anilines is 1. The van der Waals surface area contributed by atoms with Crippen LogP contribution in [0.1, 0.15) is 50.6 Å². The van der Waals surface area contributed by atoms with Gasteiger partial charge in [0.15, 0.2) is 0 Å². The smallest absolute Gasteiger partial charge is 0.233 e. The van der Waals surface area contributed by atoms with Crippen molar-refractivity contribution < 1.29 is 18.5 Å². The third kappa shape index (κ3) is 7.12. The van der Waals surface area contributed by atoms with Gasteiger partial charge in [-0.25, -0.2) is 0 Å². The zero-order chi connectivity index (χ0) is 23.9. The zero-order valence-electron chi connectivity index (χ0n) is 18.9. The average molecular weight is 501 g/mol. The van der Waals surface area contributed by atoms with Gasteiger partial charge >= 0.3 is 0 Å². The van der Waals surface area contributed by atoms with Crippen LogP contribution in [0.15, 0.2) is 27.3 Å². The number of unbranched alkanes of at least 4 members (excludes halogenated alkanes) is 1. The Labute approximate surface area is 203 Å². The predicted molar refractivity (Wildman–Crippen MR) is 126 cm³/mol. The molecule has 0 saturated carbocycles. The molecule has 178 valence electrons. The molecule has 0 fully saturated rings. The molecule has 12 heteroatoms. The summed E-state index contributed by atoms with van der Waals surface area (Å²) in [6, 6.07) is 3.60. The van der Waals surface area contributed by atoms with E-state index in [0.717, 1.165) is 52.0 Å². The van der Waals surface area contributed by atoms with Gasteiger partial charge in [0, 0.05) is 18.9 Å². The number of hydrogen-bond acceptors (Lipinski definition) is 11. The minimum Gasteiger partial charge on any atom is -0.469 e. The van der Waals surface area contributed by atoms with Gasteiger partial charge in [-0.15, -0.1) is 31.7 Å². The Bertz CT molecular complexity index is 1160. The fourth-order valence-corrected chi connectivity index (χ4v) is 4.96. The molecular formula is C22H24N6O4S2. The van der Waals surface area contributed by atoms with Crippen molar-refractivity contribution in [2.45, 2.75) is 58.8 Å². The topological polar surface area (TPSA) is 137 Å². The highest BCUT2D eigenvalue weighted by molar-refractivity contribution is 7.15. The number of aryl methyl sites for hydroxylation is 4. The number of aromatic nitrogens is 5. The highest BCUT2D eigenvalue weighted by atomic mass is 32.1. The van der Waals surface area contributed by atoms with Crippen LogP contribution in [-0.4, -0.2) is 37.2 Å². The van der Waals surface area contributed by atoms with Gasteiger partial charge < -0.3 is 14.3 Å². The van der Waals surface area contributed by atoms with E-state index in [9.17, 15) is 9.59 Å². The van der Waals surface area contributed by atoms with Crippen LogP contribution in [0, 0.1) is 13.8 Å². The minimum atomic E-state index is -0.219. The molecule has 0 aliphatic carbocycles. The van der Waals surface area contributed by atoms with E-state index in [0.29, 0.717) is 16.7 Å². The molecule has 0 aliphatic heterocycles. The van der Waals surface area contributed by atoms with E-state index in [2.05, 4.69) is 30.9 Å². The van der Waals surface area contributed by atoms with Gasteiger partial charge in [0.25, 0.3) is 0 Å². The highest BCUT2D eigenvalue weighted by Gasteiger charge is 2.13. The molecule has 0 aliphatic rings. The normalized spacial score (nSPS) is 11.1. The Kier molecular flexibility index (Phi) is 7.91. The number of nitrogens with one attached hydrogen (secondary N) is 1. The Morgan fingerprint density at radius 2 is 1.62 bits per heavy atom. The maximum absolute atomic E-state index is 12.2. The summed E-state index contributed by atoms with van der Waals surface area (Å²) in [7, 11) is 0. The van der Waals surface area contributed by atoms with Gasteiger partial charge in [0.2, 0.25) is 11.0 Å². The molecule has 1 N–H and O–H groups in total. The molecule has 1 amide bonds. The fraction of sp³-hybridized carbons (Fsp3) is 0.409. The lowest BCUT2D eigenvalue weighted by atomic mass is 10.2. The largest absolute Gasteiger partial charge is 0.469 e. The van der Waals surface area contributed by atoms with Crippen LogP contribution in [0.3, 0.4) is 0 Å². The van der Waals surface area contributed by atoms with E-state index in [4.69, 9.17) is 8.94 Å². The first-order chi connectivity index (χ1) is 16.4. The number of rotatable bonds is 12. The average Bonchev–Trinajstić information content (AvgIpc) is 3.57. The first kappa shape index (κ1) is 23.9. The van der Waals surface area contributed by atoms with Crippen LogP contribution in [0.5, 0.6) is 0 Å². The van der Waals surface area contributed by atoms with Crippen LogP contribution in [0.4, 0.5) is 5.13 Å². The molecule has 0 unspecified atom stereocenters. The Hall–Kier alpha value is -3.25. The molecule has 34 heavy (non-hydrogen) atoms. The van der Waals surface area contributed by atoms with Gasteiger partial charge in [0.05, 0.1) is 31.2 Å². The second-order valence-electron chi connectivity index (χ2n) is 7.94. The van der Waals surface area contributed by atoms with Gasteiger partial charge in [-0.2, -0.15) is 0 Å². The minimum absolute atomic E-state index is 0.0622. The van der Waals surface area contributed by atoms with E-state index in [1.807, 2.05) is 13.0 Å². The standard InChI is InChI=1S/C22H24N6O4S2/c1-13-7-16(31-12-13)9-15(29)10-21-26-24-19(33-21)5-3-4-6-20-25-27-22(34-20)23-18(30)11-17-8-14(2)28-32-17/h7-8,12H,3-6,9-11H2,1-2H3,(H,23,27,30). The molecule has 0 radical (unpaired) electrons. The maximum atomic E-state index is 12.2. The van der Waals surface area contributed by atoms with E-state index in [-0.39, 0.29) is 31.0 Å². The summed E-state index contributed by atoms with van der Waals surface area (Å²) < 4.78 is 10.4. The van der Waals surface area contributed by atoms with Crippen LogP contribution in [0.25, 0.3) is 0 Å². The molecule has 0 spiro atoms. The Morgan fingerprint density at radius 3 is 2.32 bits per heavy atom. The lowest BCUT2D eigenvalue weighted by molar-refractivity contribution is -0.118. The summed E-state index contributed by atoms with van der Waals surface area (Å²) in [6.07, 6.45) is 5.68. The van der Waals surface area contributed by atoms with Gasteiger partial charge in [-0.1, -0.05) is 16.5 Å². The van der Waals surface area contributed by atoms with Crippen molar-refractivity contribution in [3.63, 3.8) is 0 Å². The van der Waals surface area contributed by atoms with Gasteiger partial charge in [-0.05, 0) is 38.3 Å². The first-order valence-corrected chi connectivity index (χ1v) is 12.5. The summed E-state index contributed by atoms with van der Waals surface area (Å²) in [5, 5.41) is 26.0. The Balaban J connectivity index is 1.14. The number of hydrogen-bond donors (Lipinski definition) is 1. The summed E-state index contributed by atoms with van der Waals surface area (Å²) >= 11 is 2.84. The summed E-state index contributed by atoms with van der Waals surface area (Å²) in [4.78, 5) is 24.3. The van der Waals surface area contributed by atoms with Crippen LogP contribution < -0.4 is 5.32 Å². The molecule has 4 rings (SSSR count). The first-order valence-electron chi connectivity index (χ1n) is 10.8. The van der Waals surface area contributed by atoms with E-state index in [1.54, 1.807) is 19.3 Å². The highest BCUT2D eigenvalue weighted by Crippen LogP contribution is 2.19. The van der Waals surface area contributed by atoms with Crippen molar-refractivity contribution in [2.75, 3.05) is 5.32 Å². The third-order valence-corrected chi connectivity index (χ3v) is 6.65. The molecule has 0 atom stereocenters. The second-order valence-corrected chi connectivity index (χ2v) is 10.1. The van der Waals surface area contributed by atoms with Crippen molar-refractivity contribution in [1.29, 1.82) is 0 Å². The number of furan rings is 1. The molecular weight excluding hydrogens is 476 g/mol. The Morgan fingerprint density at radius 1 is 0.882 bits per heavy atom. The van der Waals surface area contributed by atoms with Crippen molar-refractivity contribution in [1.82, 2.24) is 25.6 Å². The molecule has 0 aromatic carbocycles. The van der Waals surface area contributed by atoms with E-state index in [1.165, 1.54) is 22.7 Å². The summed E-state index contributed by atoms with van der Waals surface area (Å²) in [5.41, 5.74) is 1.74. The van der Waals surface area contributed by atoms with Crippen LogP contribution in [-0.2, 0) is 41.7 Å². The quantitative estimate of drug-likeness (QED) is 0.289. The fourth-order valence-electron chi connectivity index (χ4n) is 3.25.